The summed E-state index contributed by atoms with van der Waals surface area (Å²) >= 11 is 0. The van der Waals surface area contributed by atoms with Crippen LogP contribution in [0.15, 0.2) is 24.5 Å². The van der Waals surface area contributed by atoms with Gasteiger partial charge in [-0.15, -0.1) is 5.10 Å². The van der Waals surface area contributed by atoms with Crippen LogP contribution in [0.5, 0.6) is 0 Å². The minimum Gasteiger partial charge on any atom is -0.313 e. The van der Waals surface area contributed by atoms with E-state index >= 15 is 0 Å². The lowest BCUT2D eigenvalue weighted by Gasteiger charge is -2.07. The van der Waals surface area contributed by atoms with E-state index < -0.39 is 6.43 Å². The standard InChI is InChI=1S/C11H13F2N5/c1-2-14-6-8-7-16-18(10(8)11(12)13)9-4-3-5-15-17-9/h3-5,7,11,14H,2,6H2,1H3. The summed E-state index contributed by atoms with van der Waals surface area (Å²) in [5, 5.41) is 14.4. The third kappa shape index (κ3) is 2.51. The first kappa shape index (κ1) is 12.6. The highest BCUT2D eigenvalue weighted by Gasteiger charge is 2.21. The Kier molecular flexibility index (Phi) is 3.93. The third-order valence-electron chi connectivity index (χ3n) is 2.43. The molecule has 1 N–H and O–H groups in total. The summed E-state index contributed by atoms with van der Waals surface area (Å²) in [6, 6.07) is 3.21. The minimum absolute atomic E-state index is 0.142. The molecule has 0 atom stereocenters. The first-order chi connectivity index (χ1) is 8.74. The van der Waals surface area contributed by atoms with Crippen LogP contribution in [0.4, 0.5) is 8.78 Å². The van der Waals surface area contributed by atoms with Gasteiger partial charge in [-0.3, -0.25) is 0 Å². The van der Waals surface area contributed by atoms with Crippen LogP contribution in [-0.4, -0.2) is 26.5 Å². The van der Waals surface area contributed by atoms with E-state index in [0.29, 0.717) is 18.7 Å². The predicted octanol–water partition coefficient (Wildman–Crippen LogP) is 1.71. The molecule has 0 amide bonds. The van der Waals surface area contributed by atoms with Gasteiger partial charge in [-0.2, -0.15) is 10.2 Å². The monoisotopic (exact) mass is 253 g/mol. The smallest absolute Gasteiger partial charge is 0.280 e. The average Bonchev–Trinajstić information content (AvgIpc) is 2.81. The summed E-state index contributed by atoms with van der Waals surface area (Å²) in [6.45, 7) is 2.98. The quantitative estimate of drug-likeness (QED) is 0.881. The molecule has 0 fully saturated rings. The molecule has 0 aliphatic heterocycles. The number of halogens is 2. The molecular formula is C11H13F2N5. The Labute approximate surface area is 103 Å². The van der Waals surface area contributed by atoms with E-state index in [1.807, 2.05) is 6.92 Å². The molecule has 0 aliphatic carbocycles. The molecule has 5 nitrogen and oxygen atoms in total. The lowest BCUT2D eigenvalue weighted by Crippen LogP contribution is -2.14. The zero-order chi connectivity index (χ0) is 13.0. The average molecular weight is 253 g/mol. The van der Waals surface area contributed by atoms with Gasteiger partial charge in [0.1, 0.15) is 5.69 Å². The summed E-state index contributed by atoms with van der Waals surface area (Å²) in [5.41, 5.74) is 0.328. The fourth-order valence-electron chi connectivity index (χ4n) is 1.61. The molecule has 0 saturated heterocycles. The maximum atomic E-state index is 13.1. The van der Waals surface area contributed by atoms with Crippen molar-refractivity contribution in [3.63, 3.8) is 0 Å². The second-order valence-corrected chi connectivity index (χ2v) is 3.63. The Morgan fingerprint density at radius 3 is 2.89 bits per heavy atom. The molecule has 0 radical (unpaired) electrons. The van der Waals surface area contributed by atoms with Gasteiger partial charge in [-0.25, -0.2) is 13.5 Å². The van der Waals surface area contributed by atoms with Gasteiger partial charge in [0.15, 0.2) is 5.82 Å². The lowest BCUT2D eigenvalue weighted by molar-refractivity contribution is 0.141. The molecule has 0 saturated carbocycles. The van der Waals surface area contributed by atoms with Crippen molar-refractivity contribution in [1.29, 1.82) is 0 Å². The first-order valence-electron chi connectivity index (χ1n) is 5.57. The summed E-state index contributed by atoms with van der Waals surface area (Å²) < 4.78 is 27.3. The number of rotatable bonds is 5. The highest BCUT2D eigenvalue weighted by molar-refractivity contribution is 5.28. The molecule has 2 rings (SSSR count). The molecule has 0 aliphatic rings. The van der Waals surface area contributed by atoms with Crippen molar-refractivity contribution in [2.75, 3.05) is 6.54 Å². The number of hydrogen-bond donors (Lipinski definition) is 1. The van der Waals surface area contributed by atoms with Crippen molar-refractivity contribution in [3.8, 4) is 5.82 Å². The van der Waals surface area contributed by atoms with Gasteiger partial charge in [0.05, 0.1) is 6.20 Å². The first-order valence-corrected chi connectivity index (χ1v) is 5.57. The Morgan fingerprint density at radius 2 is 2.28 bits per heavy atom. The van der Waals surface area contributed by atoms with Gasteiger partial charge in [0.2, 0.25) is 0 Å². The summed E-state index contributed by atoms with van der Waals surface area (Å²) in [5.74, 6) is 0.288. The van der Waals surface area contributed by atoms with Crippen LogP contribution in [0.25, 0.3) is 5.82 Å². The number of nitrogens with one attached hydrogen (secondary N) is 1. The molecule has 0 aromatic carbocycles. The van der Waals surface area contributed by atoms with Gasteiger partial charge in [-0.1, -0.05) is 6.92 Å². The second-order valence-electron chi connectivity index (χ2n) is 3.63. The van der Waals surface area contributed by atoms with E-state index in [9.17, 15) is 8.78 Å². The normalized spacial score (nSPS) is 11.1. The minimum atomic E-state index is -2.61. The van der Waals surface area contributed by atoms with Crippen molar-refractivity contribution in [1.82, 2.24) is 25.3 Å². The molecule has 2 aromatic heterocycles. The van der Waals surface area contributed by atoms with E-state index in [2.05, 4.69) is 20.6 Å². The van der Waals surface area contributed by atoms with Crippen molar-refractivity contribution < 1.29 is 8.78 Å². The summed E-state index contributed by atoms with van der Waals surface area (Å²) in [7, 11) is 0. The maximum absolute atomic E-state index is 13.1. The Bertz CT molecular complexity index is 497. The molecule has 0 spiro atoms. The van der Waals surface area contributed by atoms with Crippen molar-refractivity contribution in [2.45, 2.75) is 19.9 Å². The van der Waals surface area contributed by atoms with Gasteiger partial charge < -0.3 is 5.32 Å². The number of alkyl halides is 2. The van der Waals surface area contributed by atoms with Crippen molar-refractivity contribution >= 4 is 0 Å². The van der Waals surface area contributed by atoms with Crippen LogP contribution in [0.3, 0.4) is 0 Å². The zero-order valence-corrected chi connectivity index (χ0v) is 9.85. The molecule has 7 heteroatoms. The van der Waals surface area contributed by atoms with Gasteiger partial charge in [0.25, 0.3) is 6.43 Å². The van der Waals surface area contributed by atoms with E-state index in [1.54, 1.807) is 12.1 Å². The Hall–Kier alpha value is -1.89. The molecule has 0 unspecified atom stereocenters. The van der Waals surface area contributed by atoms with Crippen LogP contribution in [0.1, 0.15) is 24.6 Å². The Morgan fingerprint density at radius 1 is 1.44 bits per heavy atom. The van der Waals surface area contributed by atoms with Gasteiger partial charge >= 0.3 is 0 Å². The topological polar surface area (TPSA) is 55.6 Å². The maximum Gasteiger partial charge on any atom is 0.280 e. The molecule has 2 heterocycles. The lowest BCUT2D eigenvalue weighted by atomic mass is 10.2. The summed E-state index contributed by atoms with van der Waals surface area (Å²) in [4.78, 5) is 0. The van der Waals surface area contributed by atoms with E-state index in [-0.39, 0.29) is 11.5 Å². The van der Waals surface area contributed by atoms with Crippen LogP contribution in [0.2, 0.25) is 0 Å². The fraction of sp³-hybridized carbons (Fsp3) is 0.364. The predicted molar refractivity (Wildman–Crippen MR) is 61.5 cm³/mol. The highest BCUT2D eigenvalue weighted by atomic mass is 19.3. The fourth-order valence-corrected chi connectivity index (χ4v) is 1.61. The van der Waals surface area contributed by atoms with Crippen LogP contribution in [-0.2, 0) is 6.54 Å². The molecule has 96 valence electrons. The van der Waals surface area contributed by atoms with E-state index in [0.717, 1.165) is 4.68 Å². The molecule has 18 heavy (non-hydrogen) atoms. The summed E-state index contributed by atoms with van der Waals surface area (Å²) in [6.07, 6.45) is 0.302. The second kappa shape index (κ2) is 5.63. The number of nitrogens with zero attached hydrogens (tertiary/aromatic N) is 4. The molecular weight excluding hydrogens is 240 g/mol. The van der Waals surface area contributed by atoms with Crippen LogP contribution >= 0.6 is 0 Å². The third-order valence-corrected chi connectivity index (χ3v) is 2.43. The largest absolute Gasteiger partial charge is 0.313 e. The Balaban J connectivity index is 2.39. The molecule has 0 bridgehead atoms. The molecule has 2 aromatic rings. The van der Waals surface area contributed by atoms with E-state index in [1.165, 1.54) is 12.4 Å². The highest BCUT2D eigenvalue weighted by Crippen LogP contribution is 2.24. The SMILES string of the molecule is CCNCc1cnn(-c2cccnn2)c1C(F)F. The van der Waals surface area contributed by atoms with Gasteiger partial charge in [0, 0.05) is 18.3 Å². The number of hydrogen-bond acceptors (Lipinski definition) is 4. The zero-order valence-electron chi connectivity index (χ0n) is 9.85. The van der Waals surface area contributed by atoms with Crippen LogP contribution in [0, 0.1) is 0 Å². The van der Waals surface area contributed by atoms with Gasteiger partial charge in [-0.05, 0) is 18.7 Å². The van der Waals surface area contributed by atoms with Crippen LogP contribution < -0.4 is 5.32 Å². The van der Waals surface area contributed by atoms with E-state index in [4.69, 9.17) is 0 Å². The number of aromatic nitrogens is 4. The van der Waals surface area contributed by atoms with Crippen molar-refractivity contribution in [2.24, 2.45) is 0 Å². The van der Waals surface area contributed by atoms with Crippen molar-refractivity contribution in [3.05, 3.63) is 35.8 Å².